The molecule has 0 unspecified atom stereocenters. The Balaban J connectivity index is 2.02. The number of nitrogens with zero attached hydrogens (tertiary/aromatic N) is 2. The van der Waals surface area contributed by atoms with Gasteiger partial charge in [-0.3, -0.25) is 15.1 Å². The lowest BCUT2D eigenvalue weighted by Crippen LogP contribution is -2.07. The van der Waals surface area contributed by atoms with Gasteiger partial charge in [-0.2, -0.15) is 0 Å². The van der Waals surface area contributed by atoms with Crippen LogP contribution in [-0.2, 0) is 6.42 Å². The fraction of sp³-hybridized carbons (Fsp3) is 0.154. The van der Waals surface area contributed by atoms with Crippen LogP contribution in [0, 0.1) is 13.7 Å². The third kappa shape index (κ3) is 3.88. The zero-order valence-corrected chi connectivity index (χ0v) is 12.2. The van der Waals surface area contributed by atoms with Crippen molar-refractivity contribution >= 4 is 34.0 Å². The summed E-state index contributed by atoms with van der Waals surface area (Å²) in [4.78, 5) is 14.8. The number of hydrogen-bond donors (Lipinski definition) is 1. The average molecular weight is 369 g/mol. The van der Waals surface area contributed by atoms with E-state index in [1.807, 2.05) is 24.3 Å². The van der Waals surface area contributed by atoms with E-state index in [4.69, 9.17) is 0 Å². The van der Waals surface area contributed by atoms with E-state index in [-0.39, 0.29) is 10.6 Å². The Morgan fingerprint density at radius 3 is 2.84 bits per heavy atom. The third-order valence-corrected chi connectivity index (χ3v) is 3.25. The largest absolute Gasteiger partial charge is 0.379 e. The summed E-state index contributed by atoms with van der Waals surface area (Å²) in [5.41, 5.74) is 1.61. The first-order chi connectivity index (χ1) is 9.16. The number of benzene rings is 1. The number of hydrogen-bond acceptors (Lipinski definition) is 4. The number of aromatic nitrogens is 1. The van der Waals surface area contributed by atoms with E-state index in [1.165, 1.54) is 0 Å². The number of anilines is 1. The van der Waals surface area contributed by atoms with Crippen molar-refractivity contribution in [1.29, 1.82) is 0 Å². The van der Waals surface area contributed by atoms with Crippen LogP contribution < -0.4 is 5.32 Å². The highest BCUT2D eigenvalue weighted by Gasteiger charge is 2.13. The molecule has 0 fully saturated rings. The van der Waals surface area contributed by atoms with Crippen LogP contribution in [0.1, 0.15) is 5.69 Å². The Labute approximate surface area is 124 Å². The van der Waals surface area contributed by atoms with Crippen LogP contribution in [0.5, 0.6) is 0 Å². The van der Waals surface area contributed by atoms with Crippen LogP contribution in [0.3, 0.4) is 0 Å². The van der Waals surface area contributed by atoms with Crippen molar-refractivity contribution in [2.45, 2.75) is 6.42 Å². The molecule has 0 aliphatic carbocycles. The van der Waals surface area contributed by atoms with Gasteiger partial charge in [0.2, 0.25) is 0 Å². The molecule has 0 amide bonds. The number of halogens is 1. The maximum absolute atomic E-state index is 11.0. The molecule has 0 spiro atoms. The highest BCUT2D eigenvalue weighted by atomic mass is 127. The molecule has 98 valence electrons. The quantitative estimate of drug-likeness (QED) is 0.499. The van der Waals surface area contributed by atoms with Gasteiger partial charge in [-0.25, -0.2) is 0 Å². The molecule has 1 aromatic carbocycles. The molecular weight excluding hydrogens is 357 g/mol. The first-order valence-corrected chi connectivity index (χ1v) is 6.82. The second-order valence-corrected chi connectivity index (χ2v) is 5.16. The van der Waals surface area contributed by atoms with Gasteiger partial charge in [0.25, 0.3) is 5.69 Å². The predicted octanol–water partition coefficient (Wildman–Crippen LogP) is 3.25. The molecule has 0 aliphatic rings. The van der Waals surface area contributed by atoms with E-state index in [2.05, 4.69) is 32.9 Å². The van der Waals surface area contributed by atoms with Gasteiger partial charge < -0.3 is 5.32 Å². The van der Waals surface area contributed by atoms with Crippen LogP contribution >= 0.6 is 22.6 Å². The molecule has 0 aliphatic heterocycles. The SMILES string of the molecule is O=[N+]([O-])c1cc(I)ccc1NCCc1ccccn1. The molecule has 5 nitrogen and oxygen atoms in total. The Morgan fingerprint density at radius 1 is 1.32 bits per heavy atom. The van der Waals surface area contributed by atoms with Crippen molar-refractivity contribution in [2.24, 2.45) is 0 Å². The van der Waals surface area contributed by atoms with E-state index in [0.29, 0.717) is 12.2 Å². The lowest BCUT2D eigenvalue weighted by molar-refractivity contribution is -0.384. The van der Waals surface area contributed by atoms with Crippen molar-refractivity contribution in [2.75, 3.05) is 11.9 Å². The normalized spacial score (nSPS) is 10.2. The minimum Gasteiger partial charge on any atom is -0.379 e. The summed E-state index contributed by atoms with van der Waals surface area (Å²) in [7, 11) is 0. The monoisotopic (exact) mass is 369 g/mol. The molecule has 0 radical (unpaired) electrons. The molecule has 2 aromatic rings. The number of nitrogens with one attached hydrogen (secondary N) is 1. The number of pyridine rings is 1. The van der Waals surface area contributed by atoms with Crippen LogP contribution in [0.2, 0.25) is 0 Å². The van der Waals surface area contributed by atoms with Crippen molar-refractivity contribution in [3.8, 4) is 0 Å². The molecule has 6 heteroatoms. The van der Waals surface area contributed by atoms with Gasteiger partial charge in [-0.1, -0.05) is 6.07 Å². The summed E-state index contributed by atoms with van der Waals surface area (Å²) in [6, 6.07) is 10.9. The Kier molecular flexibility index (Phi) is 4.67. The number of nitro groups is 1. The summed E-state index contributed by atoms with van der Waals surface area (Å²) in [6.45, 7) is 0.610. The zero-order valence-electron chi connectivity index (χ0n) is 10.0. The highest BCUT2D eigenvalue weighted by molar-refractivity contribution is 14.1. The van der Waals surface area contributed by atoms with Crippen molar-refractivity contribution < 1.29 is 4.92 Å². The van der Waals surface area contributed by atoms with Gasteiger partial charge in [0.15, 0.2) is 0 Å². The summed E-state index contributed by atoms with van der Waals surface area (Å²) in [5.74, 6) is 0. The molecule has 1 aromatic heterocycles. The fourth-order valence-electron chi connectivity index (χ4n) is 1.68. The maximum Gasteiger partial charge on any atom is 0.293 e. The van der Waals surface area contributed by atoms with E-state index >= 15 is 0 Å². The van der Waals surface area contributed by atoms with Gasteiger partial charge in [-0.05, 0) is 46.9 Å². The summed E-state index contributed by atoms with van der Waals surface area (Å²) in [5, 5.41) is 14.0. The van der Waals surface area contributed by atoms with Crippen molar-refractivity contribution in [3.63, 3.8) is 0 Å². The molecule has 19 heavy (non-hydrogen) atoms. The van der Waals surface area contributed by atoms with E-state index < -0.39 is 0 Å². The van der Waals surface area contributed by atoms with E-state index in [1.54, 1.807) is 18.3 Å². The molecule has 0 saturated heterocycles. The van der Waals surface area contributed by atoms with Crippen LogP contribution in [0.15, 0.2) is 42.6 Å². The molecule has 0 saturated carbocycles. The Bertz CT molecular complexity index is 575. The Hall–Kier alpha value is -1.70. The molecule has 0 atom stereocenters. The van der Waals surface area contributed by atoms with Crippen LogP contribution in [-0.4, -0.2) is 16.5 Å². The highest BCUT2D eigenvalue weighted by Crippen LogP contribution is 2.26. The number of rotatable bonds is 5. The van der Waals surface area contributed by atoms with E-state index in [0.717, 1.165) is 15.7 Å². The minimum atomic E-state index is -0.370. The first-order valence-electron chi connectivity index (χ1n) is 5.74. The van der Waals surface area contributed by atoms with Gasteiger partial charge in [0, 0.05) is 34.5 Å². The van der Waals surface area contributed by atoms with Gasteiger partial charge in [-0.15, -0.1) is 0 Å². The summed E-state index contributed by atoms with van der Waals surface area (Å²) in [6.07, 6.45) is 2.46. The fourth-order valence-corrected chi connectivity index (χ4v) is 2.15. The number of nitro benzene ring substituents is 1. The molecule has 0 bridgehead atoms. The first kappa shape index (κ1) is 13.7. The summed E-state index contributed by atoms with van der Waals surface area (Å²) < 4.78 is 0.847. The predicted molar refractivity (Wildman–Crippen MR) is 82.2 cm³/mol. The lowest BCUT2D eigenvalue weighted by Gasteiger charge is -2.07. The molecule has 2 rings (SSSR count). The smallest absolute Gasteiger partial charge is 0.293 e. The van der Waals surface area contributed by atoms with Crippen LogP contribution in [0.25, 0.3) is 0 Å². The van der Waals surface area contributed by atoms with Gasteiger partial charge in [0.1, 0.15) is 5.69 Å². The second kappa shape index (κ2) is 6.46. The van der Waals surface area contributed by atoms with E-state index in [9.17, 15) is 10.1 Å². The summed E-state index contributed by atoms with van der Waals surface area (Å²) >= 11 is 2.06. The van der Waals surface area contributed by atoms with Gasteiger partial charge >= 0.3 is 0 Å². The molecule has 1 N–H and O–H groups in total. The third-order valence-electron chi connectivity index (χ3n) is 2.58. The minimum absolute atomic E-state index is 0.105. The zero-order chi connectivity index (χ0) is 13.7. The Morgan fingerprint density at radius 2 is 2.16 bits per heavy atom. The lowest BCUT2D eigenvalue weighted by atomic mass is 10.2. The maximum atomic E-state index is 11.0. The molecule has 1 heterocycles. The topological polar surface area (TPSA) is 68.1 Å². The standard InChI is InChI=1S/C13H12IN3O2/c14-10-4-5-12(13(9-10)17(18)19)16-8-6-11-3-1-2-7-15-11/h1-5,7,9,16H,6,8H2. The van der Waals surface area contributed by atoms with Crippen molar-refractivity contribution in [3.05, 3.63) is 62.0 Å². The van der Waals surface area contributed by atoms with Gasteiger partial charge in [0.05, 0.1) is 4.92 Å². The van der Waals surface area contributed by atoms with Crippen molar-refractivity contribution in [1.82, 2.24) is 4.98 Å². The average Bonchev–Trinajstić information content (AvgIpc) is 2.41. The van der Waals surface area contributed by atoms with Crippen LogP contribution in [0.4, 0.5) is 11.4 Å². The molecular formula is C13H12IN3O2. The second-order valence-electron chi connectivity index (χ2n) is 3.92.